The maximum absolute atomic E-state index is 12.9. The van der Waals surface area contributed by atoms with Gasteiger partial charge in [0.2, 0.25) is 6.79 Å². The van der Waals surface area contributed by atoms with Gasteiger partial charge in [0.15, 0.2) is 11.5 Å². The van der Waals surface area contributed by atoms with Crippen molar-refractivity contribution in [2.75, 3.05) is 19.9 Å². The average molecular weight is 374 g/mol. The zero-order valence-electron chi connectivity index (χ0n) is 14.4. The topological polar surface area (TPSA) is 89.0 Å². The molecule has 0 spiro atoms. The van der Waals surface area contributed by atoms with E-state index in [2.05, 4.69) is 4.98 Å². The highest BCUT2D eigenvalue weighted by molar-refractivity contribution is 7.13. The SMILES string of the molecule is Cc1nc(C)c(C(=O)N2C[C@@H](C(=O)O)[C@H](c3ccc4c(c3)OCO4)C2)s1. The molecule has 0 unspecified atom stereocenters. The van der Waals surface area contributed by atoms with Crippen molar-refractivity contribution in [3.63, 3.8) is 0 Å². The number of amides is 1. The average Bonchev–Trinajstić information content (AvgIpc) is 3.30. The van der Waals surface area contributed by atoms with Gasteiger partial charge in [-0.25, -0.2) is 4.98 Å². The Labute approximate surface area is 154 Å². The van der Waals surface area contributed by atoms with Crippen LogP contribution in [0.1, 0.15) is 31.9 Å². The lowest BCUT2D eigenvalue weighted by Crippen LogP contribution is -2.29. The summed E-state index contributed by atoms with van der Waals surface area (Å²) in [6.07, 6.45) is 0. The second-order valence-corrected chi connectivity index (χ2v) is 7.72. The molecule has 1 N–H and O–H groups in total. The summed E-state index contributed by atoms with van der Waals surface area (Å²) in [5.74, 6) is -0.732. The predicted molar refractivity (Wildman–Crippen MR) is 93.9 cm³/mol. The minimum absolute atomic E-state index is 0.150. The maximum Gasteiger partial charge on any atom is 0.308 e. The fourth-order valence-corrected chi connectivity index (χ4v) is 4.46. The quantitative estimate of drug-likeness (QED) is 0.888. The fourth-order valence-electron chi connectivity index (χ4n) is 3.57. The van der Waals surface area contributed by atoms with Crippen LogP contribution in [0.2, 0.25) is 0 Å². The number of hydrogen-bond acceptors (Lipinski definition) is 6. The number of thiazole rings is 1. The highest BCUT2D eigenvalue weighted by Crippen LogP contribution is 2.40. The molecule has 26 heavy (non-hydrogen) atoms. The van der Waals surface area contributed by atoms with Gasteiger partial charge in [-0.1, -0.05) is 6.07 Å². The van der Waals surface area contributed by atoms with Crippen LogP contribution in [0.15, 0.2) is 18.2 Å². The standard InChI is InChI=1S/C18H18N2O5S/c1-9-16(26-10(2)19-9)17(21)20-6-12(13(7-20)18(22)23)11-3-4-14-15(5-11)25-8-24-14/h3-5,12-13H,6-8H2,1-2H3,(H,22,23)/t12-,13+/m0/s1. The summed E-state index contributed by atoms with van der Waals surface area (Å²) in [4.78, 5) is 31.2. The number of ether oxygens (including phenoxy) is 2. The third kappa shape index (κ3) is 2.80. The van der Waals surface area contributed by atoms with Gasteiger partial charge in [0.1, 0.15) is 4.88 Å². The molecule has 0 radical (unpaired) electrons. The van der Waals surface area contributed by atoms with Crippen LogP contribution in [0.4, 0.5) is 0 Å². The summed E-state index contributed by atoms with van der Waals surface area (Å²) < 4.78 is 10.7. The Morgan fingerprint density at radius 2 is 2.00 bits per heavy atom. The lowest BCUT2D eigenvalue weighted by molar-refractivity contribution is -0.141. The van der Waals surface area contributed by atoms with E-state index in [4.69, 9.17) is 9.47 Å². The van der Waals surface area contributed by atoms with E-state index in [9.17, 15) is 14.7 Å². The molecule has 4 rings (SSSR count). The Hall–Kier alpha value is -2.61. The molecule has 2 atom stereocenters. The van der Waals surface area contributed by atoms with Crippen molar-refractivity contribution in [2.24, 2.45) is 5.92 Å². The van der Waals surface area contributed by atoms with Gasteiger partial charge in [-0.3, -0.25) is 9.59 Å². The van der Waals surface area contributed by atoms with E-state index < -0.39 is 11.9 Å². The van der Waals surface area contributed by atoms with Gasteiger partial charge in [0, 0.05) is 19.0 Å². The van der Waals surface area contributed by atoms with Crippen LogP contribution in [0, 0.1) is 19.8 Å². The first-order valence-electron chi connectivity index (χ1n) is 8.29. The molecule has 1 aromatic heterocycles. The first-order valence-corrected chi connectivity index (χ1v) is 9.11. The zero-order chi connectivity index (χ0) is 18.4. The molecular formula is C18H18N2O5S. The number of likely N-dealkylation sites (tertiary alicyclic amines) is 1. The van der Waals surface area contributed by atoms with Gasteiger partial charge in [0.05, 0.1) is 16.6 Å². The number of carbonyl (C=O) groups excluding carboxylic acids is 1. The first-order chi connectivity index (χ1) is 12.4. The molecule has 3 heterocycles. The third-order valence-electron chi connectivity index (χ3n) is 4.85. The van der Waals surface area contributed by atoms with E-state index in [0.29, 0.717) is 28.6 Å². The van der Waals surface area contributed by atoms with Crippen LogP contribution >= 0.6 is 11.3 Å². The van der Waals surface area contributed by atoms with E-state index in [0.717, 1.165) is 10.6 Å². The first kappa shape index (κ1) is 16.8. The van der Waals surface area contributed by atoms with Crippen molar-refractivity contribution < 1.29 is 24.2 Å². The normalized spacial score (nSPS) is 21.2. The number of rotatable bonds is 3. The van der Waals surface area contributed by atoms with Crippen LogP contribution in [0.25, 0.3) is 0 Å². The highest BCUT2D eigenvalue weighted by atomic mass is 32.1. The van der Waals surface area contributed by atoms with Crippen molar-refractivity contribution >= 4 is 23.2 Å². The van der Waals surface area contributed by atoms with Gasteiger partial charge in [0.25, 0.3) is 5.91 Å². The Morgan fingerprint density at radius 1 is 1.23 bits per heavy atom. The molecule has 8 heteroatoms. The van der Waals surface area contributed by atoms with Crippen LogP contribution in [-0.2, 0) is 4.79 Å². The largest absolute Gasteiger partial charge is 0.481 e. The molecule has 1 fully saturated rings. The van der Waals surface area contributed by atoms with Crippen LogP contribution in [0.5, 0.6) is 11.5 Å². The van der Waals surface area contributed by atoms with Crippen LogP contribution < -0.4 is 9.47 Å². The molecule has 2 aromatic rings. The molecule has 136 valence electrons. The van der Waals surface area contributed by atoms with Crippen molar-refractivity contribution in [1.29, 1.82) is 0 Å². The number of carboxylic acid groups (broad SMARTS) is 1. The maximum atomic E-state index is 12.9. The molecule has 1 aromatic carbocycles. The minimum atomic E-state index is -0.903. The molecular weight excluding hydrogens is 356 g/mol. The van der Waals surface area contributed by atoms with E-state index in [1.165, 1.54) is 11.3 Å². The lowest BCUT2D eigenvalue weighted by Gasteiger charge is -2.16. The number of nitrogens with zero attached hydrogens (tertiary/aromatic N) is 2. The Morgan fingerprint density at radius 3 is 2.69 bits per heavy atom. The van der Waals surface area contributed by atoms with Gasteiger partial charge in [-0.2, -0.15) is 0 Å². The molecule has 1 saturated heterocycles. The number of hydrogen-bond donors (Lipinski definition) is 1. The van der Waals surface area contributed by atoms with Crippen molar-refractivity contribution in [3.8, 4) is 11.5 Å². The van der Waals surface area contributed by atoms with Gasteiger partial charge in [-0.05, 0) is 31.5 Å². The van der Waals surface area contributed by atoms with Gasteiger partial charge < -0.3 is 19.5 Å². The Kier molecular flexibility index (Phi) is 4.07. The van der Waals surface area contributed by atoms with E-state index in [-0.39, 0.29) is 25.2 Å². The summed E-state index contributed by atoms with van der Waals surface area (Å²) in [6.45, 7) is 4.36. The van der Waals surface area contributed by atoms with Gasteiger partial charge >= 0.3 is 5.97 Å². The second kappa shape index (κ2) is 6.28. The third-order valence-corrected chi connectivity index (χ3v) is 5.91. The molecule has 7 nitrogen and oxygen atoms in total. The molecule has 0 bridgehead atoms. The number of benzene rings is 1. The smallest absolute Gasteiger partial charge is 0.308 e. The Balaban J connectivity index is 1.62. The number of aliphatic carboxylic acids is 1. The summed E-state index contributed by atoms with van der Waals surface area (Å²) >= 11 is 1.35. The van der Waals surface area contributed by atoms with E-state index in [1.807, 2.05) is 19.1 Å². The highest BCUT2D eigenvalue weighted by Gasteiger charge is 2.41. The van der Waals surface area contributed by atoms with Gasteiger partial charge in [-0.15, -0.1) is 11.3 Å². The van der Waals surface area contributed by atoms with Crippen molar-refractivity contribution in [2.45, 2.75) is 19.8 Å². The number of carbonyl (C=O) groups is 2. The second-order valence-electron chi connectivity index (χ2n) is 6.52. The Bertz CT molecular complexity index is 894. The van der Waals surface area contributed by atoms with E-state index >= 15 is 0 Å². The number of fused-ring (bicyclic) bond motifs is 1. The number of carboxylic acids is 1. The number of aromatic nitrogens is 1. The summed E-state index contributed by atoms with van der Waals surface area (Å²) in [5.41, 5.74) is 1.53. The predicted octanol–water partition coefficient (Wildman–Crippen LogP) is 2.43. The van der Waals surface area contributed by atoms with Crippen molar-refractivity contribution in [3.05, 3.63) is 39.3 Å². The number of aryl methyl sites for hydroxylation is 2. The lowest BCUT2D eigenvalue weighted by atomic mass is 9.89. The summed E-state index contributed by atoms with van der Waals surface area (Å²) in [7, 11) is 0. The van der Waals surface area contributed by atoms with Crippen LogP contribution in [0.3, 0.4) is 0 Å². The van der Waals surface area contributed by atoms with Crippen LogP contribution in [-0.4, -0.2) is 46.7 Å². The molecule has 2 aliphatic rings. The monoisotopic (exact) mass is 374 g/mol. The van der Waals surface area contributed by atoms with E-state index in [1.54, 1.807) is 17.9 Å². The molecule has 2 aliphatic heterocycles. The minimum Gasteiger partial charge on any atom is -0.481 e. The zero-order valence-corrected chi connectivity index (χ0v) is 15.2. The fraction of sp³-hybridized carbons (Fsp3) is 0.389. The molecule has 1 amide bonds. The summed E-state index contributed by atoms with van der Waals surface area (Å²) in [5, 5.41) is 10.5. The van der Waals surface area contributed by atoms with Crippen molar-refractivity contribution in [1.82, 2.24) is 9.88 Å². The molecule has 0 aliphatic carbocycles. The molecule has 0 saturated carbocycles. The summed E-state index contributed by atoms with van der Waals surface area (Å²) in [6, 6.07) is 5.46.